The van der Waals surface area contributed by atoms with Crippen molar-refractivity contribution in [3.8, 4) is 0 Å². The molecular formula is C26H45N3O4. The fourth-order valence-corrected chi connectivity index (χ4v) is 5.96. The van der Waals surface area contributed by atoms with Gasteiger partial charge in [0.15, 0.2) is 0 Å². The van der Waals surface area contributed by atoms with Crippen LogP contribution in [0.3, 0.4) is 0 Å². The largest absolute Gasteiger partial charge is 0.458 e. The minimum Gasteiger partial charge on any atom is -0.458 e. The number of likely N-dealkylation sites (tertiary alicyclic amines) is 1. The van der Waals surface area contributed by atoms with Gasteiger partial charge in [0.1, 0.15) is 17.7 Å². The average Bonchev–Trinajstić information content (AvgIpc) is 3.30. The van der Waals surface area contributed by atoms with E-state index in [1.807, 2.05) is 41.5 Å². The zero-order valence-corrected chi connectivity index (χ0v) is 21.5. The molecule has 3 aliphatic rings. The van der Waals surface area contributed by atoms with Crippen molar-refractivity contribution in [2.45, 2.75) is 117 Å². The second kappa shape index (κ2) is 9.93. The molecule has 3 fully saturated rings. The SMILES string of the molecule is CC(C)(C)OC(=O)[C@@H]1[C@@H]2CCC[C@@H]2CN1C(=O)[C@H](NC(=O)[C@H](N)C1CCCCC1)C(C)(C)C. The van der Waals surface area contributed by atoms with E-state index in [1.165, 1.54) is 6.42 Å². The quantitative estimate of drug-likeness (QED) is 0.609. The lowest BCUT2D eigenvalue weighted by Crippen LogP contribution is -2.60. The Bertz CT molecular complexity index is 733. The molecule has 2 aliphatic carbocycles. The molecule has 0 radical (unpaired) electrons. The third-order valence-electron chi connectivity index (χ3n) is 7.68. The number of rotatable bonds is 5. The molecule has 1 aliphatic heterocycles. The lowest BCUT2D eigenvalue weighted by molar-refractivity contribution is -0.165. The highest BCUT2D eigenvalue weighted by Crippen LogP contribution is 2.43. The van der Waals surface area contributed by atoms with Crippen molar-refractivity contribution >= 4 is 17.8 Å². The van der Waals surface area contributed by atoms with Crippen molar-refractivity contribution < 1.29 is 19.1 Å². The minimum absolute atomic E-state index is 0.129. The maximum absolute atomic E-state index is 13.9. The van der Waals surface area contributed by atoms with Gasteiger partial charge in [0.2, 0.25) is 11.8 Å². The van der Waals surface area contributed by atoms with E-state index in [1.54, 1.807) is 4.90 Å². The maximum Gasteiger partial charge on any atom is 0.329 e. The summed E-state index contributed by atoms with van der Waals surface area (Å²) in [6.45, 7) is 11.9. The molecule has 33 heavy (non-hydrogen) atoms. The number of carbonyl (C=O) groups is 3. The lowest BCUT2D eigenvalue weighted by Gasteiger charge is -2.37. The monoisotopic (exact) mass is 463 g/mol. The minimum atomic E-state index is -0.747. The predicted octanol–water partition coefficient (Wildman–Crippen LogP) is 3.39. The third-order valence-corrected chi connectivity index (χ3v) is 7.68. The van der Waals surface area contributed by atoms with Crippen molar-refractivity contribution in [3.05, 3.63) is 0 Å². The molecule has 0 unspecified atom stereocenters. The summed E-state index contributed by atoms with van der Waals surface area (Å²) in [6, 6.07) is -1.94. The van der Waals surface area contributed by atoms with E-state index in [9.17, 15) is 14.4 Å². The van der Waals surface area contributed by atoms with Gasteiger partial charge in [0.05, 0.1) is 6.04 Å². The van der Waals surface area contributed by atoms with Crippen LogP contribution in [0.1, 0.15) is 92.9 Å². The Balaban J connectivity index is 1.79. The zero-order valence-electron chi connectivity index (χ0n) is 21.5. The summed E-state index contributed by atoms with van der Waals surface area (Å²) < 4.78 is 5.73. The zero-order chi connectivity index (χ0) is 24.6. The number of esters is 1. The van der Waals surface area contributed by atoms with Gasteiger partial charge in [-0.25, -0.2) is 4.79 Å². The Kier molecular flexibility index (Phi) is 7.82. The molecule has 3 N–H and O–H groups in total. The van der Waals surface area contributed by atoms with Crippen molar-refractivity contribution in [1.82, 2.24) is 10.2 Å². The first-order valence-electron chi connectivity index (χ1n) is 12.9. The van der Waals surface area contributed by atoms with Crippen molar-refractivity contribution in [3.63, 3.8) is 0 Å². The molecule has 1 heterocycles. The number of nitrogens with two attached hydrogens (primary N) is 1. The predicted molar refractivity (Wildman–Crippen MR) is 128 cm³/mol. The van der Waals surface area contributed by atoms with Gasteiger partial charge < -0.3 is 20.7 Å². The standard InChI is InChI=1S/C26H45N3O4/c1-25(2,3)21(28-22(30)19(27)16-11-8-7-9-12-16)23(31)29-15-17-13-10-14-18(17)20(29)24(32)33-26(4,5)6/h16-21H,7-15,27H2,1-6H3,(H,28,30)/t17-,18-,19-,20+,21+/m1/s1. The van der Waals surface area contributed by atoms with Crippen LogP contribution in [0.2, 0.25) is 0 Å². The van der Waals surface area contributed by atoms with Crippen LogP contribution in [-0.4, -0.2) is 53.0 Å². The number of amides is 2. The van der Waals surface area contributed by atoms with Crippen LogP contribution >= 0.6 is 0 Å². The Morgan fingerprint density at radius 2 is 1.58 bits per heavy atom. The molecule has 2 amide bonds. The summed E-state index contributed by atoms with van der Waals surface area (Å²) in [6.07, 6.45) is 8.33. The fourth-order valence-electron chi connectivity index (χ4n) is 5.96. The third kappa shape index (κ3) is 6.09. The highest BCUT2D eigenvalue weighted by atomic mass is 16.6. The maximum atomic E-state index is 13.9. The van der Waals surface area contributed by atoms with E-state index < -0.39 is 29.1 Å². The van der Waals surface area contributed by atoms with Crippen molar-refractivity contribution in [2.24, 2.45) is 28.9 Å². The molecule has 7 nitrogen and oxygen atoms in total. The molecule has 0 aromatic heterocycles. The van der Waals surface area contributed by atoms with Gasteiger partial charge >= 0.3 is 5.97 Å². The molecular weight excluding hydrogens is 418 g/mol. The Labute approximate surface area is 199 Å². The summed E-state index contributed by atoms with van der Waals surface area (Å²) in [5.74, 6) is -0.185. The molecule has 2 saturated carbocycles. The molecule has 7 heteroatoms. The van der Waals surface area contributed by atoms with Crippen LogP contribution in [-0.2, 0) is 19.1 Å². The molecule has 3 rings (SSSR count). The van der Waals surface area contributed by atoms with E-state index in [0.29, 0.717) is 12.5 Å². The van der Waals surface area contributed by atoms with Crippen molar-refractivity contribution in [2.75, 3.05) is 6.54 Å². The average molecular weight is 464 g/mol. The number of nitrogens with one attached hydrogen (secondary N) is 1. The second-order valence-electron chi connectivity index (χ2n) is 12.6. The van der Waals surface area contributed by atoms with Crippen LogP contribution in [0.25, 0.3) is 0 Å². The number of ether oxygens (including phenoxy) is 1. The number of carbonyl (C=O) groups excluding carboxylic acids is 3. The number of hydrogen-bond acceptors (Lipinski definition) is 5. The number of fused-ring (bicyclic) bond motifs is 1. The van der Waals surface area contributed by atoms with Gasteiger partial charge in [0.25, 0.3) is 0 Å². The van der Waals surface area contributed by atoms with Gasteiger partial charge in [-0.15, -0.1) is 0 Å². The summed E-state index contributed by atoms with van der Waals surface area (Å²) in [7, 11) is 0. The van der Waals surface area contributed by atoms with Gasteiger partial charge in [-0.3, -0.25) is 9.59 Å². The number of hydrogen-bond donors (Lipinski definition) is 2. The number of nitrogens with zero attached hydrogens (tertiary/aromatic N) is 1. The van der Waals surface area contributed by atoms with Gasteiger partial charge in [-0.1, -0.05) is 46.5 Å². The topological polar surface area (TPSA) is 102 Å². The molecule has 0 aromatic rings. The van der Waals surface area contributed by atoms with Gasteiger partial charge in [0, 0.05) is 6.54 Å². The summed E-state index contributed by atoms with van der Waals surface area (Å²) in [5.41, 5.74) is 5.21. The summed E-state index contributed by atoms with van der Waals surface area (Å²) >= 11 is 0. The normalized spacial score (nSPS) is 28.2. The highest BCUT2D eigenvalue weighted by molar-refractivity contribution is 5.93. The molecule has 0 aromatic carbocycles. The van der Waals surface area contributed by atoms with E-state index in [-0.39, 0.29) is 29.6 Å². The van der Waals surface area contributed by atoms with Gasteiger partial charge in [-0.2, -0.15) is 0 Å². The molecule has 0 spiro atoms. The lowest BCUT2D eigenvalue weighted by atomic mass is 9.82. The first-order chi connectivity index (χ1) is 15.3. The van der Waals surface area contributed by atoms with Crippen LogP contribution < -0.4 is 11.1 Å². The first-order valence-corrected chi connectivity index (χ1v) is 12.9. The van der Waals surface area contributed by atoms with Gasteiger partial charge in [-0.05, 0) is 69.6 Å². The molecule has 1 saturated heterocycles. The highest BCUT2D eigenvalue weighted by Gasteiger charge is 2.53. The van der Waals surface area contributed by atoms with E-state index in [4.69, 9.17) is 10.5 Å². The van der Waals surface area contributed by atoms with Crippen LogP contribution in [0.15, 0.2) is 0 Å². The smallest absolute Gasteiger partial charge is 0.329 e. The molecule has 188 valence electrons. The van der Waals surface area contributed by atoms with E-state index >= 15 is 0 Å². The van der Waals surface area contributed by atoms with E-state index in [0.717, 1.165) is 44.9 Å². The van der Waals surface area contributed by atoms with Crippen LogP contribution in [0.4, 0.5) is 0 Å². The molecule has 0 bridgehead atoms. The Hall–Kier alpha value is -1.63. The summed E-state index contributed by atoms with van der Waals surface area (Å²) in [5, 5.41) is 3.00. The summed E-state index contributed by atoms with van der Waals surface area (Å²) in [4.78, 5) is 41.9. The first kappa shape index (κ1) is 26.0. The second-order valence-corrected chi connectivity index (χ2v) is 12.6. The Morgan fingerprint density at radius 1 is 0.939 bits per heavy atom. The van der Waals surface area contributed by atoms with Crippen LogP contribution in [0.5, 0.6) is 0 Å². The van der Waals surface area contributed by atoms with E-state index in [2.05, 4.69) is 5.32 Å². The fraction of sp³-hybridized carbons (Fsp3) is 0.885. The molecule has 5 atom stereocenters. The van der Waals surface area contributed by atoms with Crippen LogP contribution in [0, 0.1) is 23.2 Å². The van der Waals surface area contributed by atoms with Crippen molar-refractivity contribution in [1.29, 1.82) is 0 Å². The Morgan fingerprint density at radius 3 is 2.15 bits per heavy atom.